The van der Waals surface area contributed by atoms with Crippen LogP contribution in [0.2, 0.25) is 5.02 Å². The number of nitrogens with zero attached hydrogens (tertiary/aromatic N) is 1. The van der Waals surface area contributed by atoms with Gasteiger partial charge in [-0.05, 0) is 61.7 Å². The van der Waals surface area contributed by atoms with Gasteiger partial charge in [-0.1, -0.05) is 11.6 Å². The van der Waals surface area contributed by atoms with Crippen molar-refractivity contribution in [1.29, 1.82) is 0 Å². The molecule has 2 aromatic rings. The number of hydrogen-bond donors (Lipinski definition) is 1. The van der Waals surface area contributed by atoms with E-state index in [0.29, 0.717) is 11.6 Å². The number of carbonyl (C=O) groups is 3. The molecule has 0 bridgehead atoms. The van der Waals surface area contributed by atoms with Crippen LogP contribution in [0.5, 0.6) is 0 Å². The molecule has 3 unspecified atom stereocenters. The predicted octanol–water partition coefficient (Wildman–Crippen LogP) is 3.80. The Morgan fingerprint density at radius 2 is 1.94 bits per heavy atom. The van der Waals surface area contributed by atoms with Crippen LogP contribution in [-0.4, -0.2) is 42.2 Å². The van der Waals surface area contributed by atoms with E-state index in [-0.39, 0.29) is 36.4 Å². The summed E-state index contributed by atoms with van der Waals surface area (Å²) in [6, 6.07) is 7.33. The second-order valence-corrected chi connectivity index (χ2v) is 8.65. The van der Waals surface area contributed by atoms with Crippen LogP contribution in [0, 0.1) is 19.8 Å². The van der Waals surface area contributed by atoms with E-state index < -0.39 is 11.8 Å². The molecular weight excluding hydrogens is 416 g/mol. The highest BCUT2D eigenvalue weighted by molar-refractivity contribution is 6.30. The minimum atomic E-state index is -0.818. The summed E-state index contributed by atoms with van der Waals surface area (Å²) < 4.78 is 5.01. The van der Waals surface area contributed by atoms with E-state index in [1.165, 1.54) is 0 Å². The molecule has 1 heterocycles. The maximum atomic E-state index is 13.1. The third-order valence-corrected chi connectivity index (χ3v) is 5.84. The molecular formula is C24H27ClN2O4. The third-order valence-electron chi connectivity index (χ3n) is 5.62. The van der Waals surface area contributed by atoms with Crippen molar-refractivity contribution >= 4 is 29.1 Å². The van der Waals surface area contributed by atoms with Gasteiger partial charge in [-0.15, -0.1) is 0 Å². The van der Waals surface area contributed by atoms with E-state index in [9.17, 15) is 14.4 Å². The number of rotatable bonds is 7. The Hall–Kier alpha value is -2.57. The molecule has 1 saturated carbocycles. The zero-order valence-corrected chi connectivity index (χ0v) is 19.0. The average molecular weight is 443 g/mol. The van der Waals surface area contributed by atoms with Gasteiger partial charge in [-0.2, -0.15) is 0 Å². The van der Waals surface area contributed by atoms with Crippen molar-refractivity contribution in [2.75, 3.05) is 13.7 Å². The molecule has 3 atom stereocenters. The lowest BCUT2D eigenvalue weighted by Crippen LogP contribution is -2.37. The van der Waals surface area contributed by atoms with E-state index in [4.69, 9.17) is 16.3 Å². The van der Waals surface area contributed by atoms with E-state index >= 15 is 0 Å². The van der Waals surface area contributed by atoms with Gasteiger partial charge in [0.05, 0.1) is 17.3 Å². The molecule has 1 N–H and O–H groups in total. The Morgan fingerprint density at radius 3 is 2.52 bits per heavy atom. The number of methoxy groups -OCH3 is 1. The van der Waals surface area contributed by atoms with E-state index in [1.54, 1.807) is 19.4 Å². The van der Waals surface area contributed by atoms with E-state index in [2.05, 4.69) is 10.3 Å². The lowest BCUT2D eigenvalue weighted by atomic mass is 9.85. The fourth-order valence-electron chi connectivity index (χ4n) is 4.31. The lowest BCUT2D eigenvalue weighted by Gasteiger charge is -2.17. The maximum absolute atomic E-state index is 13.1. The van der Waals surface area contributed by atoms with Crippen LogP contribution in [0.3, 0.4) is 0 Å². The molecule has 1 aromatic carbocycles. The number of nitrogens with one attached hydrogen (secondary N) is 1. The maximum Gasteiger partial charge on any atom is 0.221 e. The summed E-state index contributed by atoms with van der Waals surface area (Å²) in [6.07, 6.45) is 1.69. The van der Waals surface area contributed by atoms with Crippen LogP contribution >= 0.6 is 11.6 Å². The highest BCUT2D eigenvalue weighted by Crippen LogP contribution is 2.38. The third kappa shape index (κ3) is 5.20. The number of aromatic nitrogens is 1. The normalized spacial score (nSPS) is 19.5. The Balaban J connectivity index is 1.81. The SMILES string of the molecule is COCC(C)NC(=O)CC1CC(=O)C(c2c(C)cc(-c3ccc(Cl)cn3)cc2C)C1=O. The van der Waals surface area contributed by atoms with E-state index in [1.807, 2.05) is 39.0 Å². The predicted molar refractivity (Wildman–Crippen MR) is 119 cm³/mol. The Morgan fingerprint density at radius 1 is 1.26 bits per heavy atom. The number of aryl methyl sites for hydroxylation is 2. The summed E-state index contributed by atoms with van der Waals surface area (Å²) in [6.45, 7) is 6.01. The van der Waals surface area contributed by atoms with Crippen LogP contribution in [0.1, 0.15) is 42.4 Å². The summed E-state index contributed by atoms with van der Waals surface area (Å²) in [5.41, 5.74) is 4.13. The summed E-state index contributed by atoms with van der Waals surface area (Å²) in [7, 11) is 1.56. The smallest absolute Gasteiger partial charge is 0.221 e. The average Bonchev–Trinajstić information content (AvgIpc) is 2.95. The highest BCUT2D eigenvalue weighted by atomic mass is 35.5. The number of pyridine rings is 1. The van der Waals surface area contributed by atoms with Gasteiger partial charge in [0.1, 0.15) is 11.7 Å². The fourth-order valence-corrected chi connectivity index (χ4v) is 4.42. The Labute approximate surface area is 187 Å². The zero-order valence-electron chi connectivity index (χ0n) is 18.2. The van der Waals surface area contributed by atoms with Gasteiger partial charge in [-0.25, -0.2) is 0 Å². The molecule has 0 radical (unpaired) electrons. The molecule has 1 amide bonds. The van der Waals surface area contributed by atoms with E-state index in [0.717, 1.165) is 27.9 Å². The van der Waals surface area contributed by atoms with Gasteiger partial charge in [0, 0.05) is 43.7 Å². The van der Waals surface area contributed by atoms with Gasteiger partial charge < -0.3 is 10.1 Å². The zero-order chi connectivity index (χ0) is 22.7. The van der Waals surface area contributed by atoms with Crippen molar-refractivity contribution in [2.24, 2.45) is 5.92 Å². The first-order chi connectivity index (χ1) is 14.7. The Kier molecular flexibility index (Phi) is 7.23. The minimum Gasteiger partial charge on any atom is -0.383 e. The van der Waals surface area contributed by atoms with Crippen molar-refractivity contribution in [3.63, 3.8) is 0 Å². The molecule has 0 aliphatic heterocycles. The van der Waals surface area contributed by atoms with Crippen molar-refractivity contribution in [1.82, 2.24) is 10.3 Å². The van der Waals surface area contributed by atoms with Gasteiger partial charge in [0.15, 0.2) is 5.78 Å². The number of ether oxygens (including phenoxy) is 1. The summed E-state index contributed by atoms with van der Waals surface area (Å²) in [4.78, 5) is 42.5. The van der Waals surface area contributed by atoms with Crippen LogP contribution in [0.4, 0.5) is 0 Å². The van der Waals surface area contributed by atoms with Crippen molar-refractivity contribution in [3.8, 4) is 11.3 Å². The molecule has 7 heteroatoms. The molecule has 31 heavy (non-hydrogen) atoms. The number of Topliss-reactive ketones (excluding diaryl/α,β-unsaturated/α-hetero) is 2. The molecule has 0 saturated heterocycles. The van der Waals surface area contributed by atoms with Crippen LogP contribution in [0.15, 0.2) is 30.5 Å². The first-order valence-corrected chi connectivity index (χ1v) is 10.7. The molecule has 1 aliphatic rings. The summed E-state index contributed by atoms with van der Waals surface area (Å²) >= 11 is 5.93. The second kappa shape index (κ2) is 9.71. The first-order valence-electron chi connectivity index (χ1n) is 10.3. The number of hydrogen-bond acceptors (Lipinski definition) is 5. The number of benzene rings is 1. The number of carbonyl (C=O) groups excluding carboxylic acids is 3. The van der Waals surface area contributed by atoms with Gasteiger partial charge >= 0.3 is 0 Å². The van der Waals surface area contributed by atoms with Crippen LogP contribution in [-0.2, 0) is 19.1 Å². The first kappa shape index (κ1) is 23.1. The quantitative estimate of drug-likeness (QED) is 0.659. The van der Waals surface area contributed by atoms with Gasteiger partial charge in [0.25, 0.3) is 0 Å². The van der Waals surface area contributed by atoms with Crippen molar-refractivity contribution in [3.05, 3.63) is 52.2 Å². The number of ketones is 2. The molecule has 6 nitrogen and oxygen atoms in total. The number of halogens is 1. The molecule has 1 aliphatic carbocycles. The molecule has 0 spiro atoms. The van der Waals surface area contributed by atoms with Gasteiger partial charge in [-0.3, -0.25) is 19.4 Å². The van der Waals surface area contributed by atoms with Crippen LogP contribution in [0.25, 0.3) is 11.3 Å². The Bertz CT molecular complexity index is 980. The minimum absolute atomic E-state index is 0.0139. The monoisotopic (exact) mass is 442 g/mol. The molecule has 1 fully saturated rings. The second-order valence-electron chi connectivity index (χ2n) is 8.22. The highest BCUT2D eigenvalue weighted by Gasteiger charge is 2.43. The van der Waals surface area contributed by atoms with Crippen molar-refractivity contribution in [2.45, 2.75) is 45.6 Å². The lowest BCUT2D eigenvalue weighted by molar-refractivity contribution is -0.129. The van der Waals surface area contributed by atoms with Crippen LogP contribution < -0.4 is 5.32 Å². The molecule has 3 rings (SSSR count). The standard InChI is InChI=1S/C24H27ClN2O4/c1-13-7-16(19-6-5-18(25)11-26-19)8-14(2)22(13)23-20(28)9-17(24(23)30)10-21(29)27-15(3)12-31-4/h5-8,11,15,17,23H,9-10,12H2,1-4H3,(H,27,29). The molecule has 164 valence electrons. The fraction of sp³-hybridized carbons (Fsp3) is 0.417. The van der Waals surface area contributed by atoms with Crippen molar-refractivity contribution < 1.29 is 19.1 Å². The molecule has 1 aromatic heterocycles. The largest absolute Gasteiger partial charge is 0.383 e. The summed E-state index contributed by atoms with van der Waals surface area (Å²) in [5, 5.41) is 3.36. The summed E-state index contributed by atoms with van der Waals surface area (Å²) in [5.74, 6) is -1.96. The number of amides is 1. The topological polar surface area (TPSA) is 85.4 Å². The van der Waals surface area contributed by atoms with Gasteiger partial charge in [0.2, 0.25) is 5.91 Å².